The highest BCUT2D eigenvalue weighted by Gasteiger charge is 2.09. The number of ether oxygens (including phenoxy) is 1. The van der Waals surface area contributed by atoms with Gasteiger partial charge >= 0.3 is 0 Å². The number of alkyl halides is 1. The van der Waals surface area contributed by atoms with Crippen LogP contribution in [0.5, 0.6) is 5.88 Å². The fraction of sp³-hybridized carbons (Fsp3) is 0.615. The van der Waals surface area contributed by atoms with Gasteiger partial charge in [0.25, 0.3) is 0 Å². The molecule has 0 aliphatic carbocycles. The maximum absolute atomic E-state index is 5.83. The Balaban J connectivity index is 2.63. The Kier molecular flexibility index (Phi) is 6.97. The van der Waals surface area contributed by atoms with Crippen molar-refractivity contribution in [1.82, 2.24) is 9.88 Å². The van der Waals surface area contributed by atoms with E-state index in [-0.39, 0.29) is 0 Å². The molecule has 17 heavy (non-hydrogen) atoms. The Bertz CT molecular complexity index is 320. The maximum atomic E-state index is 5.83. The van der Waals surface area contributed by atoms with Gasteiger partial charge < -0.3 is 4.74 Å². The number of halogens is 1. The molecular weight excluding hydrogens is 236 g/mol. The molecule has 0 radical (unpaired) electrons. The number of hydrogen-bond acceptors (Lipinski definition) is 3. The molecule has 0 amide bonds. The molecule has 0 aromatic carbocycles. The third-order valence-electron chi connectivity index (χ3n) is 2.67. The van der Waals surface area contributed by atoms with E-state index < -0.39 is 0 Å². The minimum atomic E-state index is 0.659. The molecular formula is C13H21ClN2O. The lowest BCUT2D eigenvalue weighted by atomic mass is 10.2. The number of aromatic nitrogens is 1. The fourth-order valence-corrected chi connectivity index (χ4v) is 1.98. The van der Waals surface area contributed by atoms with Crippen LogP contribution < -0.4 is 4.74 Å². The van der Waals surface area contributed by atoms with Crippen LogP contribution in [0, 0.1) is 0 Å². The molecule has 3 nitrogen and oxygen atoms in total. The molecule has 0 saturated carbocycles. The Morgan fingerprint density at radius 2 is 2.24 bits per heavy atom. The molecule has 1 rings (SSSR count). The standard InChI is InChI=1S/C13H21ClN2O/c1-3-4-9-16(10-7-14)11-12-6-5-8-15-13(12)17-2/h5-6,8H,3-4,7,9-11H2,1-2H3. The van der Waals surface area contributed by atoms with Gasteiger partial charge in [0.2, 0.25) is 5.88 Å². The minimum Gasteiger partial charge on any atom is -0.481 e. The Labute approximate surface area is 109 Å². The van der Waals surface area contributed by atoms with Gasteiger partial charge in [-0.1, -0.05) is 19.4 Å². The van der Waals surface area contributed by atoms with Gasteiger partial charge in [0, 0.05) is 30.7 Å². The zero-order valence-electron chi connectivity index (χ0n) is 10.7. The van der Waals surface area contributed by atoms with Gasteiger partial charge in [0.1, 0.15) is 0 Å². The third-order valence-corrected chi connectivity index (χ3v) is 2.83. The monoisotopic (exact) mass is 256 g/mol. The van der Waals surface area contributed by atoms with Crippen molar-refractivity contribution in [1.29, 1.82) is 0 Å². The first-order valence-electron chi connectivity index (χ1n) is 6.08. The lowest BCUT2D eigenvalue weighted by Crippen LogP contribution is -2.26. The van der Waals surface area contributed by atoms with E-state index in [1.54, 1.807) is 13.3 Å². The van der Waals surface area contributed by atoms with E-state index in [0.29, 0.717) is 11.8 Å². The quantitative estimate of drug-likeness (QED) is 0.669. The summed E-state index contributed by atoms with van der Waals surface area (Å²) < 4.78 is 5.26. The van der Waals surface area contributed by atoms with Crippen molar-refractivity contribution in [2.75, 3.05) is 26.1 Å². The number of pyridine rings is 1. The van der Waals surface area contributed by atoms with E-state index in [2.05, 4.69) is 22.9 Å². The van der Waals surface area contributed by atoms with Gasteiger partial charge in [0.05, 0.1) is 7.11 Å². The molecule has 0 aliphatic rings. The number of unbranched alkanes of at least 4 members (excludes halogenated alkanes) is 1. The van der Waals surface area contributed by atoms with Crippen LogP contribution in [0.3, 0.4) is 0 Å². The smallest absolute Gasteiger partial charge is 0.217 e. The summed E-state index contributed by atoms with van der Waals surface area (Å²) in [4.78, 5) is 6.55. The molecule has 1 aromatic rings. The van der Waals surface area contributed by atoms with Crippen LogP contribution in [-0.4, -0.2) is 36.0 Å². The normalized spacial score (nSPS) is 10.8. The van der Waals surface area contributed by atoms with Crippen molar-refractivity contribution in [2.45, 2.75) is 26.3 Å². The van der Waals surface area contributed by atoms with Gasteiger partial charge in [-0.25, -0.2) is 4.98 Å². The van der Waals surface area contributed by atoms with E-state index in [1.165, 1.54) is 12.8 Å². The summed E-state index contributed by atoms with van der Waals surface area (Å²) in [7, 11) is 1.66. The highest BCUT2D eigenvalue weighted by molar-refractivity contribution is 6.18. The first kappa shape index (κ1) is 14.3. The van der Waals surface area contributed by atoms with Gasteiger partial charge in [-0.3, -0.25) is 4.90 Å². The summed E-state index contributed by atoms with van der Waals surface area (Å²) in [5.41, 5.74) is 1.12. The van der Waals surface area contributed by atoms with Crippen LogP contribution in [-0.2, 0) is 6.54 Å². The Morgan fingerprint density at radius 3 is 2.88 bits per heavy atom. The number of rotatable bonds is 8. The van der Waals surface area contributed by atoms with E-state index in [1.807, 2.05) is 6.07 Å². The largest absolute Gasteiger partial charge is 0.481 e. The summed E-state index contributed by atoms with van der Waals surface area (Å²) in [6.07, 6.45) is 4.14. The zero-order chi connectivity index (χ0) is 12.5. The third kappa shape index (κ3) is 4.92. The van der Waals surface area contributed by atoms with Crippen molar-refractivity contribution >= 4 is 11.6 Å². The first-order valence-corrected chi connectivity index (χ1v) is 6.61. The summed E-state index contributed by atoms with van der Waals surface area (Å²) >= 11 is 5.83. The summed E-state index contributed by atoms with van der Waals surface area (Å²) in [5, 5.41) is 0. The number of methoxy groups -OCH3 is 1. The highest BCUT2D eigenvalue weighted by atomic mass is 35.5. The SMILES string of the molecule is CCCCN(CCCl)Cc1cccnc1OC. The summed E-state index contributed by atoms with van der Waals surface area (Å²) in [6, 6.07) is 4.00. The van der Waals surface area contributed by atoms with E-state index >= 15 is 0 Å². The van der Waals surface area contributed by atoms with Crippen molar-refractivity contribution in [3.63, 3.8) is 0 Å². The molecule has 0 unspecified atom stereocenters. The lowest BCUT2D eigenvalue weighted by Gasteiger charge is -2.21. The average Bonchev–Trinajstić information content (AvgIpc) is 2.37. The molecule has 0 aliphatic heterocycles. The van der Waals surface area contributed by atoms with Gasteiger partial charge in [-0.2, -0.15) is 0 Å². The van der Waals surface area contributed by atoms with Crippen LogP contribution in [0.4, 0.5) is 0 Å². The molecule has 0 atom stereocenters. The average molecular weight is 257 g/mol. The van der Waals surface area contributed by atoms with Crippen molar-refractivity contribution in [3.8, 4) is 5.88 Å². The molecule has 4 heteroatoms. The van der Waals surface area contributed by atoms with Crippen LogP contribution in [0.1, 0.15) is 25.3 Å². The van der Waals surface area contributed by atoms with Crippen molar-refractivity contribution in [2.24, 2.45) is 0 Å². The number of nitrogens with zero attached hydrogens (tertiary/aromatic N) is 2. The highest BCUT2D eigenvalue weighted by Crippen LogP contribution is 2.16. The van der Waals surface area contributed by atoms with Crippen LogP contribution >= 0.6 is 11.6 Å². The molecule has 0 saturated heterocycles. The van der Waals surface area contributed by atoms with Crippen molar-refractivity contribution < 1.29 is 4.74 Å². The predicted octanol–water partition coefficient (Wildman–Crippen LogP) is 2.93. The van der Waals surface area contributed by atoms with E-state index in [9.17, 15) is 0 Å². The predicted molar refractivity (Wildman–Crippen MR) is 71.7 cm³/mol. The maximum Gasteiger partial charge on any atom is 0.217 e. The topological polar surface area (TPSA) is 25.4 Å². The van der Waals surface area contributed by atoms with Crippen LogP contribution in [0.2, 0.25) is 0 Å². The lowest BCUT2D eigenvalue weighted by molar-refractivity contribution is 0.270. The van der Waals surface area contributed by atoms with Gasteiger partial charge in [-0.05, 0) is 19.0 Å². The molecule has 0 spiro atoms. The van der Waals surface area contributed by atoms with Crippen LogP contribution in [0.15, 0.2) is 18.3 Å². The summed E-state index contributed by atoms with van der Waals surface area (Å²) in [6.45, 7) is 5.02. The molecule has 96 valence electrons. The second-order valence-electron chi connectivity index (χ2n) is 3.99. The second kappa shape index (κ2) is 8.31. The fourth-order valence-electron chi connectivity index (χ4n) is 1.74. The Hall–Kier alpha value is -0.800. The second-order valence-corrected chi connectivity index (χ2v) is 4.37. The van der Waals surface area contributed by atoms with Gasteiger partial charge in [0.15, 0.2) is 0 Å². The first-order chi connectivity index (χ1) is 8.31. The molecule has 0 N–H and O–H groups in total. The van der Waals surface area contributed by atoms with Gasteiger partial charge in [-0.15, -0.1) is 11.6 Å². The minimum absolute atomic E-state index is 0.659. The van der Waals surface area contributed by atoms with Crippen molar-refractivity contribution in [3.05, 3.63) is 23.9 Å². The molecule has 1 aromatic heterocycles. The molecule has 0 fully saturated rings. The summed E-state index contributed by atoms with van der Waals surface area (Å²) in [5.74, 6) is 1.37. The van der Waals surface area contributed by atoms with Crippen LogP contribution in [0.25, 0.3) is 0 Å². The van der Waals surface area contributed by atoms with E-state index in [4.69, 9.17) is 16.3 Å². The molecule has 1 heterocycles. The van der Waals surface area contributed by atoms with E-state index in [0.717, 1.165) is 25.2 Å². The number of hydrogen-bond donors (Lipinski definition) is 0. The zero-order valence-corrected chi connectivity index (χ0v) is 11.4. The molecule has 0 bridgehead atoms. The Morgan fingerprint density at radius 1 is 1.41 bits per heavy atom.